The van der Waals surface area contributed by atoms with Crippen LogP contribution >= 0.6 is 0 Å². The van der Waals surface area contributed by atoms with Gasteiger partial charge in [-0.05, 0) is 18.2 Å². The van der Waals surface area contributed by atoms with Crippen LogP contribution in [0.25, 0.3) is 0 Å². The molecule has 0 amide bonds. The molecule has 16 heavy (non-hydrogen) atoms. The van der Waals surface area contributed by atoms with Crippen LogP contribution in [0.5, 0.6) is 5.75 Å². The first kappa shape index (κ1) is 9.21. The molecular weight excluding hydrogens is 200 g/mol. The van der Waals surface area contributed by atoms with Gasteiger partial charge in [-0.25, -0.2) is 4.98 Å². The molecule has 3 nitrogen and oxygen atoms in total. The van der Waals surface area contributed by atoms with E-state index >= 15 is 0 Å². The predicted octanol–water partition coefficient (Wildman–Crippen LogP) is 2.63. The predicted molar refractivity (Wildman–Crippen MR) is 62.5 cm³/mol. The number of nitrogens with one attached hydrogen (secondary N) is 1. The minimum absolute atomic E-state index is 0.200. The number of hydrogen-bond donors (Lipinski definition) is 1. The summed E-state index contributed by atoms with van der Waals surface area (Å²) in [6.45, 7) is 0.663. The van der Waals surface area contributed by atoms with Crippen molar-refractivity contribution in [3.8, 4) is 5.75 Å². The summed E-state index contributed by atoms with van der Waals surface area (Å²) in [5.41, 5.74) is 1.20. The first-order chi connectivity index (χ1) is 7.93. The van der Waals surface area contributed by atoms with E-state index in [0.29, 0.717) is 6.61 Å². The van der Waals surface area contributed by atoms with E-state index in [9.17, 15) is 0 Å². The summed E-state index contributed by atoms with van der Waals surface area (Å²) in [6.07, 6.45) is 1.78. The van der Waals surface area contributed by atoms with Crippen LogP contribution in [0.15, 0.2) is 48.7 Å². The molecule has 1 unspecified atom stereocenters. The number of rotatable bonds is 2. The molecule has 1 aromatic heterocycles. The third-order valence-electron chi connectivity index (χ3n) is 2.69. The highest BCUT2D eigenvalue weighted by Gasteiger charge is 2.23. The third-order valence-corrected chi connectivity index (χ3v) is 2.69. The summed E-state index contributed by atoms with van der Waals surface area (Å²) in [7, 11) is 0. The zero-order valence-electron chi connectivity index (χ0n) is 8.76. The zero-order chi connectivity index (χ0) is 10.8. The van der Waals surface area contributed by atoms with Crippen LogP contribution in [0.2, 0.25) is 0 Å². The van der Waals surface area contributed by atoms with Gasteiger partial charge in [-0.15, -0.1) is 0 Å². The standard InChI is InChI=1S/C13H12N2O/c1-2-6-12-10(5-1)11(9-16-12)15-13-7-3-4-8-14-13/h1-8,11H,9H2,(H,14,15). The number of aromatic nitrogens is 1. The minimum atomic E-state index is 0.200. The van der Waals surface area contributed by atoms with Gasteiger partial charge in [0, 0.05) is 11.8 Å². The van der Waals surface area contributed by atoms with Gasteiger partial charge < -0.3 is 10.1 Å². The minimum Gasteiger partial charge on any atom is -0.491 e. The largest absolute Gasteiger partial charge is 0.491 e. The Kier molecular flexibility index (Phi) is 2.22. The molecule has 0 saturated carbocycles. The van der Waals surface area contributed by atoms with Crippen LogP contribution in [0.4, 0.5) is 5.82 Å². The highest BCUT2D eigenvalue weighted by Crippen LogP contribution is 2.33. The third kappa shape index (κ3) is 1.60. The monoisotopic (exact) mass is 212 g/mol. The summed E-state index contributed by atoms with van der Waals surface area (Å²) in [4.78, 5) is 4.25. The molecule has 2 heterocycles. The van der Waals surface area contributed by atoms with Crippen molar-refractivity contribution in [2.24, 2.45) is 0 Å². The average molecular weight is 212 g/mol. The lowest BCUT2D eigenvalue weighted by Crippen LogP contribution is -2.12. The number of nitrogens with zero attached hydrogens (tertiary/aromatic N) is 1. The molecule has 1 aliphatic heterocycles. The molecule has 1 aromatic carbocycles. The van der Waals surface area contributed by atoms with Crippen LogP contribution in [0.3, 0.4) is 0 Å². The second kappa shape index (κ2) is 3.85. The maximum Gasteiger partial charge on any atom is 0.126 e. The van der Waals surface area contributed by atoms with E-state index in [1.54, 1.807) is 6.20 Å². The molecule has 2 aromatic rings. The number of benzene rings is 1. The van der Waals surface area contributed by atoms with E-state index in [1.165, 1.54) is 5.56 Å². The van der Waals surface area contributed by atoms with Crippen molar-refractivity contribution in [3.63, 3.8) is 0 Å². The van der Waals surface area contributed by atoms with Crippen molar-refractivity contribution in [1.29, 1.82) is 0 Å². The molecule has 3 heteroatoms. The number of fused-ring (bicyclic) bond motifs is 1. The Balaban J connectivity index is 1.84. The van der Waals surface area contributed by atoms with Crippen LogP contribution in [0, 0.1) is 0 Å². The summed E-state index contributed by atoms with van der Waals surface area (Å²) < 4.78 is 5.59. The maximum atomic E-state index is 5.59. The van der Waals surface area contributed by atoms with Crippen molar-refractivity contribution in [3.05, 3.63) is 54.2 Å². The lowest BCUT2D eigenvalue weighted by molar-refractivity contribution is 0.339. The van der Waals surface area contributed by atoms with E-state index in [2.05, 4.69) is 16.4 Å². The molecule has 0 fully saturated rings. The Hall–Kier alpha value is -2.03. The fourth-order valence-corrected chi connectivity index (χ4v) is 1.91. The van der Waals surface area contributed by atoms with Gasteiger partial charge >= 0.3 is 0 Å². The molecular formula is C13H12N2O. The van der Waals surface area contributed by atoms with E-state index in [4.69, 9.17) is 4.74 Å². The average Bonchev–Trinajstić information content (AvgIpc) is 2.74. The summed E-state index contributed by atoms with van der Waals surface area (Å²) >= 11 is 0. The Morgan fingerprint density at radius 2 is 2.00 bits per heavy atom. The van der Waals surface area contributed by atoms with Crippen molar-refractivity contribution >= 4 is 5.82 Å². The van der Waals surface area contributed by atoms with Gasteiger partial charge in [0.15, 0.2) is 0 Å². The van der Waals surface area contributed by atoms with Gasteiger partial charge in [-0.3, -0.25) is 0 Å². The molecule has 1 atom stereocenters. The van der Waals surface area contributed by atoms with Crippen LogP contribution in [-0.2, 0) is 0 Å². The first-order valence-electron chi connectivity index (χ1n) is 5.33. The quantitative estimate of drug-likeness (QED) is 0.830. The first-order valence-corrected chi connectivity index (χ1v) is 5.33. The Morgan fingerprint density at radius 1 is 1.12 bits per heavy atom. The molecule has 1 N–H and O–H groups in total. The van der Waals surface area contributed by atoms with Crippen molar-refractivity contribution < 1.29 is 4.74 Å². The molecule has 3 rings (SSSR count). The SMILES string of the molecule is c1ccc(NC2COc3ccccc32)nc1. The lowest BCUT2D eigenvalue weighted by atomic mass is 10.1. The topological polar surface area (TPSA) is 34.1 Å². The highest BCUT2D eigenvalue weighted by molar-refractivity contribution is 5.45. The van der Waals surface area contributed by atoms with E-state index < -0.39 is 0 Å². The number of para-hydroxylation sites is 1. The summed E-state index contributed by atoms with van der Waals surface area (Å²) in [6, 6.07) is 14.1. The number of ether oxygens (including phenoxy) is 1. The van der Waals surface area contributed by atoms with Gasteiger partial charge in [0.25, 0.3) is 0 Å². The van der Waals surface area contributed by atoms with E-state index in [0.717, 1.165) is 11.6 Å². The van der Waals surface area contributed by atoms with Crippen molar-refractivity contribution in [2.75, 3.05) is 11.9 Å². The second-order valence-corrected chi connectivity index (χ2v) is 3.76. The summed E-state index contributed by atoms with van der Waals surface area (Å²) in [5.74, 6) is 1.85. The fraction of sp³-hybridized carbons (Fsp3) is 0.154. The lowest BCUT2D eigenvalue weighted by Gasteiger charge is -2.11. The summed E-state index contributed by atoms with van der Waals surface area (Å²) in [5, 5.41) is 3.36. The highest BCUT2D eigenvalue weighted by atomic mass is 16.5. The Morgan fingerprint density at radius 3 is 2.88 bits per heavy atom. The van der Waals surface area contributed by atoms with Crippen LogP contribution < -0.4 is 10.1 Å². The smallest absolute Gasteiger partial charge is 0.126 e. The number of anilines is 1. The molecule has 0 saturated heterocycles. The molecule has 0 aliphatic carbocycles. The van der Waals surface area contributed by atoms with Gasteiger partial charge in [-0.2, -0.15) is 0 Å². The van der Waals surface area contributed by atoms with Crippen LogP contribution in [-0.4, -0.2) is 11.6 Å². The number of pyridine rings is 1. The Bertz CT molecular complexity index is 484. The number of hydrogen-bond acceptors (Lipinski definition) is 3. The van der Waals surface area contributed by atoms with Crippen molar-refractivity contribution in [1.82, 2.24) is 4.98 Å². The Labute approximate surface area is 94.1 Å². The molecule has 1 aliphatic rings. The second-order valence-electron chi connectivity index (χ2n) is 3.76. The van der Waals surface area contributed by atoms with Crippen molar-refractivity contribution in [2.45, 2.75) is 6.04 Å². The normalized spacial score (nSPS) is 17.6. The molecule has 0 spiro atoms. The fourth-order valence-electron chi connectivity index (χ4n) is 1.91. The van der Waals surface area contributed by atoms with E-state index in [1.807, 2.05) is 36.4 Å². The van der Waals surface area contributed by atoms with Gasteiger partial charge in [0.1, 0.15) is 18.2 Å². The van der Waals surface area contributed by atoms with Gasteiger partial charge in [-0.1, -0.05) is 24.3 Å². The maximum absolute atomic E-state index is 5.59. The molecule has 0 radical (unpaired) electrons. The molecule has 80 valence electrons. The van der Waals surface area contributed by atoms with Gasteiger partial charge in [0.2, 0.25) is 0 Å². The van der Waals surface area contributed by atoms with Gasteiger partial charge in [0.05, 0.1) is 6.04 Å². The van der Waals surface area contributed by atoms with E-state index in [-0.39, 0.29) is 6.04 Å². The van der Waals surface area contributed by atoms with Crippen LogP contribution in [0.1, 0.15) is 11.6 Å². The zero-order valence-corrected chi connectivity index (χ0v) is 8.76. The molecule has 0 bridgehead atoms.